The molecule has 0 radical (unpaired) electrons. The van der Waals surface area contributed by atoms with Crippen molar-refractivity contribution in [2.45, 2.75) is 0 Å². The van der Waals surface area contributed by atoms with Crippen molar-refractivity contribution in [1.29, 1.82) is 0 Å². The van der Waals surface area contributed by atoms with E-state index in [0.29, 0.717) is 22.1 Å². The number of rotatable bonds is 2. The minimum Gasteiger partial charge on any atom is -0.482 e. The van der Waals surface area contributed by atoms with Crippen LogP contribution in [0, 0.1) is 0 Å². The van der Waals surface area contributed by atoms with E-state index in [1.165, 1.54) is 11.3 Å². The summed E-state index contributed by atoms with van der Waals surface area (Å²) in [5, 5.41) is 7.66. The van der Waals surface area contributed by atoms with Gasteiger partial charge in [-0.2, -0.15) is 0 Å². The normalized spacial score (nSPS) is 13.2. The van der Waals surface area contributed by atoms with Crippen molar-refractivity contribution in [2.24, 2.45) is 0 Å². The number of carbonyl (C=O) groups is 2. The van der Waals surface area contributed by atoms with Gasteiger partial charge in [-0.3, -0.25) is 14.9 Å². The third kappa shape index (κ3) is 2.41. The number of anilines is 2. The zero-order valence-electron chi connectivity index (χ0n) is 9.67. The number of benzene rings is 1. The van der Waals surface area contributed by atoms with Gasteiger partial charge in [-0.1, -0.05) is 0 Å². The molecule has 0 saturated heterocycles. The molecule has 2 amide bonds. The van der Waals surface area contributed by atoms with Crippen molar-refractivity contribution < 1.29 is 14.3 Å². The van der Waals surface area contributed by atoms with Crippen LogP contribution in [0.15, 0.2) is 29.8 Å². The van der Waals surface area contributed by atoms with Gasteiger partial charge in [-0.25, -0.2) is 4.98 Å². The molecule has 1 aliphatic heterocycles. The SMILES string of the molecule is O=C1COc2cc(C(=O)Nc3nccs3)ccc2N1. The van der Waals surface area contributed by atoms with E-state index in [2.05, 4.69) is 15.6 Å². The monoisotopic (exact) mass is 275 g/mol. The molecule has 1 aliphatic rings. The van der Waals surface area contributed by atoms with Crippen LogP contribution in [-0.4, -0.2) is 23.4 Å². The van der Waals surface area contributed by atoms with Gasteiger partial charge in [0.25, 0.3) is 11.8 Å². The number of nitrogens with one attached hydrogen (secondary N) is 2. The van der Waals surface area contributed by atoms with E-state index < -0.39 is 0 Å². The second kappa shape index (κ2) is 4.69. The highest BCUT2D eigenvalue weighted by Gasteiger charge is 2.18. The summed E-state index contributed by atoms with van der Waals surface area (Å²) in [6, 6.07) is 4.86. The Morgan fingerprint density at radius 2 is 2.37 bits per heavy atom. The Kier molecular flexibility index (Phi) is 2.88. The maximum atomic E-state index is 12.0. The van der Waals surface area contributed by atoms with Gasteiger partial charge in [0.2, 0.25) is 0 Å². The average molecular weight is 275 g/mol. The summed E-state index contributed by atoms with van der Waals surface area (Å²) in [5.41, 5.74) is 1.02. The number of amides is 2. The highest BCUT2D eigenvalue weighted by atomic mass is 32.1. The van der Waals surface area contributed by atoms with Crippen LogP contribution >= 0.6 is 11.3 Å². The van der Waals surface area contributed by atoms with Gasteiger partial charge in [-0.15, -0.1) is 11.3 Å². The summed E-state index contributed by atoms with van der Waals surface area (Å²) >= 11 is 1.34. The molecule has 2 aromatic rings. The molecule has 0 saturated carbocycles. The van der Waals surface area contributed by atoms with Crippen LogP contribution < -0.4 is 15.4 Å². The van der Waals surface area contributed by atoms with Crippen LogP contribution in [0.3, 0.4) is 0 Å². The Morgan fingerprint density at radius 1 is 1.47 bits per heavy atom. The van der Waals surface area contributed by atoms with Crippen LogP contribution in [0.5, 0.6) is 5.75 Å². The van der Waals surface area contributed by atoms with Crippen molar-refractivity contribution >= 4 is 34.0 Å². The summed E-state index contributed by atoms with van der Waals surface area (Å²) in [6.07, 6.45) is 1.62. The molecule has 0 bridgehead atoms. The second-order valence-corrected chi connectivity index (χ2v) is 4.73. The summed E-state index contributed by atoms with van der Waals surface area (Å²) in [5.74, 6) is 0.0251. The van der Waals surface area contributed by atoms with Gasteiger partial charge in [0.1, 0.15) is 5.75 Å². The molecular formula is C12H9N3O3S. The van der Waals surface area contributed by atoms with Crippen molar-refractivity contribution in [3.05, 3.63) is 35.3 Å². The van der Waals surface area contributed by atoms with Crippen LogP contribution in [0.1, 0.15) is 10.4 Å². The quantitative estimate of drug-likeness (QED) is 0.874. The Labute approximate surface area is 112 Å². The molecule has 1 aromatic carbocycles. The Hall–Kier alpha value is -2.41. The Balaban J connectivity index is 1.82. The molecule has 96 valence electrons. The number of fused-ring (bicyclic) bond motifs is 1. The number of thiazole rings is 1. The van der Waals surface area contributed by atoms with E-state index in [1.54, 1.807) is 29.8 Å². The van der Waals surface area contributed by atoms with Gasteiger partial charge >= 0.3 is 0 Å². The number of hydrogen-bond donors (Lipinski definition) is 2. The Bertz CT molecular complexity index is 640. The van der Waals surface area contributed by atoms with Crippen LogP contribution in [-0.2, 0) is 4.79 Å². The van der Waals surface area contributed by atoms with E-state index in [4.69, 9.17) is 4.74 Å². The standard InChI is InChI=1S/C12H9N3O3S/c16-10-6-18-9-5-7(1-2-8(9)14-10)11(17)15-12-13-3-4-19-12/h1-5H,6H2,(H,14,16)(H,13,15,17). The Morgan fingerprint density at radius 3 is 3.16 bits per heavy atom. The highest BCUT2D eigenvalue weighted by Crippen LogP contribution is 2.28. The van der Waals surface area contributed by atoms with E-state index in [9.17, 15) is 9.59 Å². The minimum atomic E-state index is -0.266. The molecule has 0 atom stereocenters. The lowest BCUT2D eigenvalue weighted by molar-refractivity contribution is -0.118. The van der Waals surface area contributed by atoms with E-state index in [0.717, 1.165) is 0 Å². The largest absolute Gasteiger partial charge is 0.482 e. The highest BCUT2D eigenvalue weighted by molar-refractivity contribution is 7.13. The summed E-state index contributed by atoms with van der Waals surface area (Å²) < 4.78 is 5.26. The predicted molar refractivity (Wildman–Crippen MR) is 70.6 cm³/mol. The molecule has 0 spiro atoms. The number of nitrogens with zero attached hydrogens (tertiary/aromatic N) is 1. The first kappa shape index (κ1) is 11.7. The molecule has 0 fully saturated rings. The van der Waals surface area contributed by atoms with Crippen LogP contribution in [0.2, 0.25) is 0 Å². The van der Waals surface area contributed by atoms with Crippen molar-refractivity contribution in [2.75, 3.05) is 17.2 Å². The zero-order chi connectivity index (χ0) is 13.2. The molecule has 2 heterocycles. The van der Waals surface area contributed by atoms with Crippen molar-refractivity contribution in [3.63, 3.8) is 0 Å². The smallest absolute Gasteiger partial charge is 0.262 e. The lowest BCUT2D eigenvalue weighted by atomic mass is 10.1. The number of aromatic nitrogens is 1. The topological polar surface area (TPSA) is 80.3 Å². The van der Waals surface area contributed by atoms with Gasteiger partial charge < -0.3 is 10.1 Å². The van der Waals surface area contributed by atoms with E-state index in [-0.39, 0.29) is 18.4 Å². The summed E-state index contributed by atoms with van der Waals surface area (Å²) in [7, 11) is 0. The van der Waals surface area contributed by atoms with Gasteiger partial charge in [0.15, 0.2) is 11.7 Å². The number of carbonyl (C=O) groups excluding carboxylic acids is 2. The van der Waals surface area contributed by atoms with Gasteiger partial charge in [0, 0.05) is 17.1 Å². The molecule has 2 N–H and O–H groups in total. The molecule has 7 heteroatoms. The summed E-state index contributed by atoms with van der Waals surface area (Å²) in [6.45, 7) is -0.0372. The van der Waals surface area contributed by atoms with Gasteiger partial charge in [0.05, 0.1) is 5.69 Å². The van der Waals surface area contributed by atoms with E-state index >= 15 is 0 Å². The molecule has 0 unspecified atom stereocenters. The van der Waals surface area contributed by atoms with E-state index in [1.807, 2.05) is 0 Å². The van der Waals surface area contributed by atoms with Crippen molar-refractivity contribution in [3.8, 4) is 5.75 Å². The number of ether oxygens (including phenoxy) is 1. The lowest BCUT2D eigenvalue weighted by Crippen LogP contribution is -2.25. The maximum Gasteiger partial charge on any atom is 0.262 e. The average Bonchev–Trinajstić information content (AvgIpc) is 2.91. The second-order valence-electron chi connectivity index (χ2n) is 3.84. The molecule has 0 aliphatic carbocycles. The fourth-order valence-corrected chi connectivity index (χ4v) is 2.19. The molecular weight excluding hydrogens is 266 g/mol. The first-order chi connectivity index (χ1) is 9.22. The predicted octanol–water partition coefficient (Wildman–Crippen LogP) is 1.73. The van der Waals surface area contributed by atoms with Crippen LogP contribution in [0.25, 0.3) is 0 Å². The molecule has 1 aromatic heterocycles. The zero-order valence-corrected chi connectivity index (χ0v) is 10.5. The third-order valence-corrected chi connectivity index (χ3v) is 3.22. The van der Waals surface area contributed by atoms with Crippen LogP contribution in [0.4, 0.5) is 10.8 Å². The summed E-state index contributed by atoms with van der Waals surface area (Å²) in [4.78, 5) is 27.1. The maximum absolute atomic E-state index is 12.0. The lowest BCUT2D eigenvalue weighted by Gasteiger charge is -2.18. The molecule has 19 heavy (non-hydrogen) atoms. The molecule has 6 nitrogen and oxygen atoms in total. The van der Waals surface area contributed by atoms with Crippen molar-refractivity contribution in [1.82, 2.24) is 4.98 Å². The fourth-order valence-electron chi connectivity index (χ4n) is 1.67. The third-order valence-electron chi connectivity index (χ3n) is 2.53. The first-order valence-corrected chi connectivity index (χ1v) is 6.38. The fraction of sp³-hybridized carbons (Fsp3) is 0.0833. The van der Waals surface area contributed by atoms with Gasteiger partial charge in [-0.05, 0) is 18.2 Å². The number of hydrogen-bond acceptors (Lipinski definition) is 5. The minimum absolute atomic E-state index is 0.0372. The molecule has 3 rings (SSSR count). The first-order valence-electron chi connectivity index (χ1n) is 5.50.